The fraction of sp³-hybridized carbons (Fsp3) is 0.385. The van der Waals surface area contributed by atoms with Crippen molar-refractivity contribution in [3.63, 3.8) is 0 Å². The second kappa shape index (κ2) is 8.79. The van der Waals surface area contributed by atoms with Gasteiger partial charge in [-0.25, -0.2) is 0 Å². The highest BCUT2D eigenvalue weighted by Crippen LogP contribution is 2.30. The minimum Gasteiger partial charge on any atom is -0.339 e. The Bertz CT molecular complexity index is 591. The van der Waals surface area contributed by atoms with Gasteiger partial charge in [0.05, 0.1) is 10.7 Å². The Morgan fingerprint density at radius 3 is 2.26 bits per heavy atom. The molecule has 1 rings (SSSR count). The lowest BCUT2D eigenvalue weighted by Gasteiger charge is -2.28. The number of halogens is 5. The van der Waals surface area contributed by atoms with Crippen LogP contribution in [0.15, 0.2) is 18.2 Å². The average molecular weight is 438 g/mol. The third kappa shape index (κ3) is 7.08. The molecule has 1 aromatic rings. The lowest BCUT2D eigenvalue weighted by Crippen LogP contribution is -2.56. The summed E-state index contributed by atoms with van der Waals surface area (Å²) in [6, 6.07) is 4.85. The Morgan fingerprint density at radius 2 is 1.78 bits per heavy atom. The predicted molar refractivity (Wildman–Crippen MR) is 103 cm³/mol. The zero-order chi connectivity index (χ0) is 17.8. The van der Waals surface area contributed by atoms with Crippen LogP contribution < -0.4 is 16.0 Å². The van der Waals surface area contributed by atoms with Crippen LogP contribution in [0, 0.1) is 5.92 Å². The normalized spacial score (nSPS) is 12.7. The number of alkyl halides is 3. The van der Waals surface area contributed by atoms with E-state index in [9.17, 15) is 4.79 Å². The van der Waals surface area contributed by atoms with Crippen molar-refractivity contribution < 1.29 is 4.79 Å². The van der Waals surface area contributed by atoms with E-state index in [2.05, 4.69) is 16.0 Å². The molecule has 128 valence electrons. The molecule has 1 atom stereocenters. The first kappa shape index (κ1) is 20.9. The van der Waals surface area contributed by atoms with Gasteiger partial charge in [-0.3, -0.25) is 4.79 Å². The molecule has 0 spiro atoms. The fourth-order valence-corrected chi connectivity index (χ4v) is 2.40. The van der Waals surface area contributed by atoms with Crippen LogP contribution in [0.1, 0.15) is 13.8 Å². The summed E-state index contributed by atoms with van der Waals surface area (Å²) in [6.45, 7) is 3.43. The molecule has 10 heteroatoms. The Kier molecular flexibility index (Phi) is 7.98. The van der Waals surface area contributed by atoms with E-state index in [0.29, 0.717) is 15.7 Å². The maximum absolute atomic E-state index is 11.8. The number of nitrogens with one attached hydrogen (secondary N) is 3. The minimum absolute atomic E-state index is 0.120. The summed E-state index contributed by atoms with van der Waals surface area (Å²) < 4.78 is -1.81. The van der Waals surface area contributed by atoms with Crippen LogP contribution in [0.5, 0.6) is 0 Å². The molecule has 0 unspecified atom stereocenters. The highest BCUT2D eigenvalue weighted by molar-refractivity contribution is 7.80. The van der Waals surface area contributed by atoms with Gasteiger partial charge in [-0.2, -0.15) is 0 Å². The number of thiocarbonyl (C=S) groups is 1. The molecule has 0 saturated heterocycles. The first-order chi connectivity index (χ1) is 10.5. The van der Waals surface area contributed by atoms with Crippen molar-refractivity contribution in [3.8, 4) is 0 Å². The molecule has 3 N–H and O–H groups in total. The summed E-state index contributed by atoms with van der Waals surface area (Å²) in [5.74, 6) is -0.569. The Hall–Kier alpha value is -0.170. The van der Waals surface area contributed by atoms with Crippen molar-refractivity contribution in [2.45, 2.75) is 23.8 Å². The number of rotatable bonds is 4. The van der Waals surface area contributed by atoms with Gasteiger partial charge in [-0.05, 0) is 30.4 Å². The molecule has 0 aliphatic heterocycles. The van der Waals surface area contributed by atoms with Gasteiger partial charge in [0.25, 0.3) is 0 Å². The number of hydrogen-bond donors (Lipinski definition) is 3. The number of carbonyl (C=O) groups excluding carboxylic acids is 1. The van der Waals surface area contributed by atoms with Gasteiger partial charge in [-0.15, -0.1) is 0 Å². The monoisotopic (exact) mass is 435 g/mol. The molecule has 0 heterocycles. The summed E-state index contributed by atoms with van der Waals surface area (Å²) in [6.07, 6.45) is -1.02. The maximum atomic E-state index is 11.8. The Morgan fingerprint density at radius 1 is 1.17 bits per heavy atom. The Labute approximate surface area is 165 Å². The number of anilines is 1. The van der Waals surface area contributed by atoms with Crippen molar-refractivity contribution >= 4 is 86.9 Å². The van der Waals surface area contributed by atoms with Crippen LogP contribution in [0.3, 0.4) is 0 Å². The van der Waals surface area contributed by atoms with Crippen molar-refractivity contribution in [1.82, 2.24) is 10.6 Å². The first-order valence-corrected chi connectivity index (χ1v) is 8.70. The second-order valence-electron chi connectivity index (χ2n) is 4.86. The van der Waals surface area contributed by atoms with E-state index >= 15 is 0 Å². The van der Waals surface area contributed by atoms with E-state index in [1.54, 1.807) is 32.0 Å². The van der Waals surface area contributed by atoms with Crippen molar-refractivity contribution in [2.24, 2.45) is 5.92 Å². The smallest absolute Gasteiger partial charge is 0.228 e. The quantitative estimate of drug-likeness (QED) is 0.362. The van der Waals surface area contributed by atoms with Crippen LogP contribution >= 0.6 is 70.2 Å². The van der Waals surface area contributed by atoms with Crippen LogP contribution in [0.2, 0.25) is 10.0 Å². The number of carbonyl (C=O) groups is 1. The lowest BCUT2D eigenvalue weighted by atomic mass is 10.2. The zero-order valence-corrected chi connectivity index (χ0v) is 16.7. The maximum Gasteiger partial charge on any atom is 0.228 e. The van der Waals surface area contributed by atoms with E-state index in [1.807, 2.05) is 0 Å². The highest BCUT2D eigenvalue weighted by Gasteiger charge is 2.35. The SMILES string of the molecule is CC(C)C(=O)N[C@H](NC(=S)Nc1ccc(Cl)cc1Cl)C(Cl)(Cl)Cl. The molecule has 0 radical (unpaired) electrons. The summed E-state index contributed by atoms with van der Waals surface area (Å²) in [5, 5.41) is 9.13. The zero-order valence-electron chi connectivity index (χ0n) is 12.1. The van der Waals surface area contributed by atoms with E-state index < -0.39 is 9.96 Å². The highest BCUT2D eigenvalue weighted by atomic mass is 35.6. The molecule has 4 nitrogen and oxygen atoms in total. The molecule has 0 aliphatic rings. The summed E-state index contributed by atoms with van der Waals surface area (Å²) in [7, 11) is 0. The van der Waals surface area contributed by atoms with Crippen molar-refractivity contribution in [2.75, 3.05) is 5.32 Å². The Balaban J connectivity index is 2.79. The van der Waals surface area contributed by atoms with Crippen LogP contribution in [0.25, 0.3) is 0 Å². The molecule has 0 aromatic heterocycles. The summed E-state index contributed by atoms with van der Waals surface area (Å²) in [4.78, 5) is 11.8. The third-order valence-electron chi connectivity index (χ3n) is 2.59. The molecular formula is C13H14Cl5N3OS. The van der Waals surface area contributed by atoms with Gasteiger partial charge >= 0.3 is 0 Å². The van der Waals surface area contributed by atoms with E-state index in [0.717, 1.165) is 0 Å². The molecule has 1 aromatic carbocycles. The molecular weight excluding hydrogens is 423 g/mol. The molecule has 0 aliphatic carbocycles. The lowest BCUT2D eigenvalue weighted by molar-refractivity contribution is -0.124. The van der Waals surface area contributed by atoms with Crippen LogP contribution in [-0.2, 0) is 4.79 Å². The van der Waals surface area contributed by atoms with E-state index in [1.165, 1.54) is 0 Å². The van der Waals surface area contributed by atoms with Crippen molar-refractivity contribution in [3.05, 3.63) is 28.2 Å². The van der Waals surface area contributed by atoms with E-state index in [-0.39, 0.29) is 16.9 Å². The predicted octanol–water partition coefficient (Wildman–Crippen LogP) is 4.75. The largest absolute Gasteiger partial charge is 0.339 e. The third-order valence-corrected chi connectivity index (χ3v) is 4.02. The molecule has 0 fully saturated rings. The van der Waals surface area contributed by atoms with Gasteiger partial charge in [0.2, 0.25) is 9.70 Å². The van der Waals surface area contributed by atoms with Gasteiger partial charge in [-0.1, -0.05) is 71.9 Å². The fourth-order valence-electron chi connectivity index (χ4n) is 1.39. The van der Waals surface area contributed by atoms with Crippen LogP contribution in [-0.4, -0.2) is 21.0 Å². The second-order valence-corrected chi connectivity index (χ2v) is 8.48. The van der Waals surface area contributed by atoms with Gasteiger partial charge in [0, 0.05) is 10.9 Å². The minimum atomic E-state index is -1.81. The van der Waals surface area contributed by atoms with Gasteiger partial charge < -0.3 is 16.0 Å². The number of amides is 1. The molecule has 23 heavy (non-hydrogen) atoms. The van der Waals surface area contributed by atoms with Crippen molar-refractivity contribution in [1.29, 1.82) is 0 Å². The standard InChI is InChI=1S/C13H14Cl5N3OS/c1-6(2)10(22)20-11(13(16,17)18)21-12(23)19-9-4-3-7(14)5-8(9)15/h3-6,11H,1-2H3,(H,20,22)(H2,19,21,23)/t11-/m1/s1. The van der Waals surface area contributed by atoms with Crippen LogP contribution in [0.4, 0.5) is 5.69 Å². The topological polar surface area (TPSA) is 53.2 Å². The molecule has 0 bridgehead atoms. The van der Waals surface area contributed by atoms with Gasteiger partial charge in [0.1, 0.15) is 6.17 Å². The molecule has 0 saturated carbocycles. The first-order valence-electron chi connectivity index (χ1n) is 6.40. The average Bonchev–Trinajstić information content (AvgIpc) is 2.40. The van der Waals surface area contributed by atoms with Gasteiger partial charge in [0.15, 0.2) is 5.11 Å². The van der Waals surface area contributed by atoms with E-state index in [4.69, 9.17) is 70.2 Å². The number of hydrogen-bond acceptors (Lipinski definition) is 2. The molecule has 1 amide bonds. The summed E-state index contributed by atoms with van der Waals surface area (Å²) >= 11 is 34.6. The number of benzene rings is 1. The summed E-state index contributed by atoms with van der Waals surface area (Å²) in [5.41, 5.74) is 0.520.